The second-order valence-corrected chi connectivity index (χ2v) is 10.6. The molecule has 1 heterocycles. The second kappa shape index (κ2) is 13.0. The molecule has 6 heteroatoms. The predicted octanol–water partition coefficient (Wildman–Crippen LogP) is 8.13. The van der Waals surface area contributed by atoms with Crippen LogP contribution in [0.2, 0.25) is 10.0 Å². The molecule has 0 unspecified atom stereocenters. The van der Waals surface area contributed by atoms with Gasteiger partial charge >= 0.3 is 0 Å². The van der Waals surface area contributed by atoms with E-state index in [0.717, 1.165) is 59.2 Å². The van der Waals surface area contributed by atoms with E-state index in [9.17, 15) is 4.79 Å². The van der Waals surface area contributed by atoms with Crippen molar-refractivity contribution in [3.8, 4) is 11.1 Å². The summed E-state index contributed by atoms with van der Waals surface area (Å²) in [7, 11) is 0. The Morgan fingerprint density at radius 1 is 0.795 bits per heavy atom. The average Bonchev–Trinajstić information content (AvgIpc) is 3.30. The molecular formula is C33H31Cl2N3O. The highest BCUT2D eigenvalue weighted by atomic mass is 35.5. The zero-order chi connectivity index (χ0) is 27.0. The lowest BCUT2D eigenvalue weighted by Crippen LogP contribution is -2.26. The predicted molar refractivity (Wildman–Crippen MR) is 161 cm³/mol. The van der Waals surface area contributed by atoms with E-state index in [1.54, 1.807) is 6.07 Å². The van der Waals surface area contributed by atoms with Gasteiger partial charge in [0.2, 0.25) is 5.91 Å². The zero-order valence-electron chi connectivity index (χ0n) is 21.7. The Morgan fingerprint density at radius 2 is 1.54 bits per heavy atom. The van der Waals surface area contributed by atoms with Crippen molar-refractivity contribution in [1.29, 1.82) is 0 Å². The summed E-state index contributed by atoms with van der Waals surface area (Å²) < 4.78 is 2.25. The number of imidazole rings is 1. The highest BCUT2D eigenvalue weighted by Gasteiger charge is 2.13. The van der Waals surface area contributed by atoms with Crippen LogP contribution in [-0.4, -0.2) is 22.0 Å². The van der Waals surface area contributed by atoms with Gasteiger partial charge in [-0.2, -0.15) is 0 Å². The Labute approximate surface area is 239 Å². The van der Waals surface area contributed by atoms with Crippen LogP contribution in [0.3, 0.4) is 0 Å². The molecule has 0 bridgehead atoms. The van der Waals surface area contributed by atoms with E-state index in [4.69, 9.17) is 28.2 Å². The lowest BCUT2D eigenvalue weighted by atomic mass is 10.0. The van der Waals surface area contributed by atoms with E-state index < -0.39 is 0 Å². The summed E-state index contributed by atoms with van der Waals surface area (Å²) in [5.74, 6) is 1.11. The summed E-state index contributed by atoms with van der Waals surface area (Å²) in [6.07, 6.45) is 4.20. The molecule has 0 aliphatic carbocycles. The highest BCUT2D eigenvalue weighted by Crippen LogP contribution is 2.25. The van der Waals surface area contributed by atoms with Crippen molar-refractivity contribution in [3.05, 3.63) is 124 Å². The van der Waals surface area contributed by atoms with Crippen LogP contribution in [0.25, 0.3) is 22.2 Å². The normalized spacial score (nSPS) is 11.1. The number of carbonyl (C=O) groups is 1. The number of para-hydroxylation sites is 2. The van der Waals surface area contributed by atoms with Crippen LogP contribution in [0.15, 0.2) is 97.1 Å². The summed E-state index contributed by atoms with van der Waals surface area (Å²) in [6, 6.07) is 32.3. The summed E-state index contributed by atoms with van der Waals surface area (Å²) in [5.41, 5.74) is 6.46. The van der Waals surface area contributed by atoms with Crippen LogP contribution in [0.5, 0.6) is 0 Å². The van der Waals surface area contributed by atoms with E-state index in [1.165, 1.54) is 5.56 Å². The number of aromatic nitrogens is 2. The largest absolute Gasteiger partial charge is 0.356 e. The first-order valence-corrected chi connectivity index (χ1v) is 14.1. The molecule has 0 saturated heterocycles. The van der Waals surface area contributed by atoms with Crippen LogP contribution in [0.4, 0.5) is 0 Å². The van der Waals surface area contributed by atoms with Gasteiger partial charge in [-0.05, 0) is 59.4 Å². The third-order valence-electron chi connectivity index (χ3n) is 6.90. The topological polar surface area (TPSA) is 46.9 Å². The van der Waals surface area contributed by atoms with Gasteiger partial charge in [0.05, 0.1) is 24.0 Å². The lowest BCUT2D eigenvalue weighted by molar-refractivity contribution is -0.120. The standard InChI is InChI=1S/C33H31Cl2N3O/c34-28-19-18-27(29(35)22-28)23-38-31-12-7-6-11-30(31)37-32(38)13-5-2-8-20-36-33(39)21-24-14-16-26(17-15-24)25-9-3-1-4-10-25/h1,3-4,6-7,9-12,14-19,22H,2,5,8,13,20-21,23H2,(H,36,39). The van der Waals surface area contributed by atoms with Crippen molar-refractivity contribution in [3.63, 3.8) is 0 Å². The van der Waals surface area contributed by atoms with Crippen LogP contribution < -0.4 is 5.32 Å². The number of benzene rings is 4. The van der Waals surface area contributed by atoms with Crippen molar-refractivity contribution in [1.82, 2.24) is 14.9 Å². The quantitative estimate of drug-likeness (QED) is 0.167. The molecule has 1 amide bonds. The maximum absolute atomic E-state index is 12.4. The molecule has 0 fully saturated rings. The molecule has 1 aromatic heterocycles. The zero-order valence-corrected chi connectivity index (χ0v) is 23.3. The Hall–Kier alpha value is -3.60. The summed E-state index contributed by atoms with van der Waals surface area (Å²) >= 11 is 12.6. The maximum atomic E-state index is 12.4. The minimum absolute atomic E-state index is 0.0593. The number of hydrogen-bond acceptors (Lipinski definition) is 2. The van der Waals surface area contributed by atoms with E-state index >= 15 is 0 Å². The van der Waals surface area contributed by atoms with Crippen LogP contribution >= 0.6 is 23.2 Å². The van der Waals surface area contributed by atoms with Crippen LogP contribution in [0, 0.1) is 0 Å². The molecule has 4 aromatic carbocycles. The first kappa shape index (κ1) is 27.0. The monoisotopic (exact) mass is 555 g/mol. The SMILES string of the molecule is O=C(Cc1ccc(-c2ccccc2)cc1)NCCCCCc1nc2ccccc2n1Cc1ccc(Cl)cc1Cl. The third-order valence-corrected chi connectivity index (χ3v) is 7.49. The smallest absolute Gasteiger partial charge is 0.224 e. The van der Waals surface area contributed by atoms with Crippen LogP contribution in [-0.2, 0) is 24.2 Å². The van der Waals surface area contributed by atoms with Gasteiger partial charge in [0.15, 0.2) is 0 Å². The number of hydrogen-bond donors (Lipinski definition) is 1. The van der Waals surface area contributed by atoms with Gasteiger partial charge in [-0.15, -0.1) is 0 Å². The van der Waals surface area contributed by atoms with Gasteiger partial charge in [-0.25, -0.2) is 4.98 Å². The van der Waals surface area contributed by atoms with Gasteiger partial charge in [0, 0.05) is 23.0 Å². The Kier molecular flexibility index (Phi) is 8.97. The number of halogens is 2. The van der Waals surface area contributed by atoms with Gasteiger partial charge < -0.3 is 9.88 Å². The molecule has 5 aromatic rings. The van der Waals surface area contributed by atoms with E-state index in [1.807, 2.05) is 60.7 Å². The van der Waals surface area contributed by atoms with Crippen molar-refractivity contribution in [2.24, 2.45) is 0 Å². The second-order valence-electron chi connectivity index (χ2n) is 9.74. The van der Waals surface area contributed by atoms with Gasteiger partial charge in [-0.1, -0.05) is 102 Å². The van der Waals surface area contributed by atoms with Gasteiger partial charge in [0.1, 0.15) is 5.82 Å². The fourth-order valence-corrected chi connectivity index (χ4v) is 5.29. The average molecular weight is 557 g/mol. The Bertz CT molecular complexity index is 1550. The number of unbranched alkanes of at least 4 members (excludes halogenated alkanes) is 2. The molecule has 0 aliphatic rings. The van der Waals surface area contributed by atoms with Crippen molar-refractivity contribution in [2.75, 3.05) is 6.54 Å². The number of nitrogens with zero attached hydrogens (tertiary/aromatic N) is 2. The number of aryl methyl sites for hydroxylation is 1. The molecule has 5 rings (SSSR count). The molecular weight excluding hydrogens is 525 g/mol. The number of fused-ring (bicyclic) bond motifs is 1. The summed E-state index contributed by atoms with van der Waals surface area (Å²) in [6.45, 7) is 1.33. The molecule has 198 valence electrons. The Balaban J connectivity index is 1.09. The van der Waals surface area contributed by atoms with Gasteiger partial charge in [-0.3, -0.25) is 4.79 Å². The van der Waals surface area contributed by atoms with Crippen LogP contribution in [0.1, 0.15) is 36.2 Å². The third kappa shape index (κ3) is 7.08. The van der Waals surface area contributed by atoms with E-state index in [0.29, 0.717) is 29.6 Å². The fraction of sp³-hybridized carbons (Fsp3) is 0.212. The molecule has 4 nitrogen and oxygen atoms in total. The molecule has 0 spiro atoms. The number of carbonyl (C=O) groups excluding carboxylic acids is 1. The summed E-state index contributed by atoms with van der Waals surface area (Å²) in [4.78, 5) is 17.3. The highest BCUT2D eigenvalue weighted by molar-refractivity contribution is 6.35. The van der Waals surface area contributed by atoms with Gasteiger partial charge in [0.25, 0.3) is 0 Å². The molecule has 0 atom stereocenters. The first-order chi connectivity index (χ1) is 19.1. The molecule has 0 saturated carbocycles. The van der Waals surface area contributed by atoms with E-state index in [2.05, 4.69) is 40.2 Å². The van der Waals surface area contributed by atoms with Crippen molar-refractivity contribution < 1.29 is 4.79 Å². The maximum Gasteiger partial charge on any atom is 0.224 e. The number of amides is 1. The summed E-state index contributed by atoms with van der Waals surface area (Å²) in [5, 5.41) is 4.36. The number of rotatable bonds is 11. The minimum atomic E-state index is 0.0593. The lowest BCUT2D eigenvalue weighted by Gasteiger charge is -2.11. The van der Waals surface area contributed by atoms with E-state index in [-0.39, 0.29) is 5.91 Å². The first-order valence-electron chi connectivity index (χ1n) is 13.4. The number of nitrogens with one attached hydrogen (secondary N) is 1. The van der Waals surface area contributed by atoms with Crippen molar-refractivity contribution in [2.45, 2.75) is 38.6 Å². The molecule has 39 heavy (non-hydrogen) atoms. The minimum Gasteiger partial charge on any atom is -0.356 e. The fourth-order valence-electron chi connectivity index (χ4n) is 4.82. The molecule has 0 radical (unpaired) electrons. The molecule has 1 N–H and O–H groups in total. The Morgan fingerprint density at radius 3 is 2.33 bits per heavy atom. The molecule has 0 aliphatic heterocycles. The van der Waals surface area contributed by atoms with Crippen molar-refractivity contribution >= 4 is 40.1 Å².